The first-order valence-electron chi connectivity index (χ1n) is 6.83. The Kier molecular flexibility index (Phi) is 3.88. The molecule has 1 aliphatic rings. The molecule has 2 aromatic rings. The van der Waals surface area contributed by atoms with Crippen LogP contribution >= 0.6 is 0 Å². The molecule has 118 valence electrons. The number of aliphatic hydroxyl groups is 1. The minimum Gasteiger partial charge on any atom is -0.390 e. The number of aliphatic hydroxyl groups excluding tert-OH is 1. The highest BCUT2D eigenvalue weighted by Gasteiger charge is 2.35. The number of carbonyl (C=O) groups is 1. The molecule has 1 saturated heterocycles. The monoisotopic (exact) mass is 307 g/mol. The molecule has 10 nitrogen and oxygen atoms in total. The Balaban J connectivity index is 1.76. The topological polar surface area (TPSA) is 154 Å². The summed E-state index contributed by atoms with van der Waals surface area (Å²) in [5, 5.41) is 12.7. The van der Waals surface area contributed by atoms with Crippen molar-refractivity contribution in [1.29, 1.82) is 0 Å². The van der Waals surface area contributed by atoms with E-state index in [9.17, 15) is 9.90 Å². The number of rotatable bonds is 4. The van der Waals surface area contributed by atoms with E-state index in [1.165, 1.54) is 6.33 Å². The van der Waals surface area contributed by atoms with Crippen LogP contribution in [0.1, 0.15) is 12.6 Å². The van der Waals surface area contributed by atoms with Crippen molar-refractivity contribution in [2.75, 3.05) is 18.8 Å². The minimum absolute atomic E-state index is 0.103. The number of amides is 1. The van der Waals surface area contributed by atoms with E-state index in [2.05, 4.69) is 20.3 Å². The van der Waals surface area contributed by atoms with Crippen molar-refractivity contribution in [3.63, 3.8) is 0 Å². The van der Waals surface area contributed by atoms with Crippen molar-refractivity contribution in [2.24, 2.45) is 5.73 Å². The van der Waals surface area contributed by atoms with E-state index in [4.69, 9.17) is 16.2 Å². The second-order valence-electron chi connectivity index (χ2n) is 5.02. The highest BCUT2D eigenvalue weighted by molar-refractivity contribution is 5.81. The number of imidazole rings is 1. The fourth-order valence-electron chi connectivity index (χ4n) is 2.44. The van der Waals surface area contributed by atoms with Crippen LogP contribution in [0.5, 0.6) is 0 Å². The highest BCUT2D eigenvalue weighted by Crippen LogP contribution is 2.31. The van der Waals surface area contributed by atoms with Gasteiger partial charge in [-0.3, -0.25) is 9.36 Å². The number of hydrogen-bond acceptors (Lipinski definition) is 8. The van der Waals surface area contributed by atoms with Gasteiger partial charge in [-0.2, -0.15) is 0 Å². The largest absolute Gasteiger partial charge is 0.390 e. The van der Waals surface area contributed by atoms with Gasteiger partial charge < -0.3 is 26.6 Å². The van der Waals surface area contributed by atoms with Gasteiger partial charge in [0.15, 0.2) is 11.5 Å². The summed E-state index contributed by atoms with van der Waals surface area (Å²) in [7, 11) is 0. The molecule has 1 amide bonds. The summed E-state index contributed by atoms with van der Waals surface area (Å²) in [4.78, 5) is 23.4. The first-order chi connectivity index (χ1) is 10.6. The number of ether oxygens (including phenoxy) is 1. The lowest BCUT2D eigenvalue weighted by Gasteiger charge is -2.16. The Morgan fingerprint density at radius 3 is 3.09 bits per heavy atom. The Labute approximate surface area is 125 Å². The molecular weight excluding hydrogens is 290 g/mol. The minimum atomic E-state index is -0.709. The fraction of sp³-hybridized carbons (Fsp3) is 0.500. The molecule has 0 saturated carbocycles. The standard InChI is InChI=1S/C12H17N7O3/c13-2-8(21)15-3-7-6(20)1-9(22-7)19-5-18-10-11(14)16-4-17-12(10)19/h4-7,9,20H,1-3,13H2,(H,15,21)(H2,14,16,17)/t6-,7+,9+/m0/s1. The molecule has 0 radical (unpaired) electrons. The van der Waals surface area contributed by atoms with Crippen LogP contribution in [0.25, 0.3) is 11.2 Å². The van der Waals surface area contributed by atoms with Crippen LogP contribution in [0, 0.1) is 0 Å². The Morgan fingerprint density at radius 2 is 2.32 bits per heavy atom. The number of nitrogen functional groups attached to an aromatic ring is 1. The molecular formula is C12H17N7O3. The Bertz CT molecular complexity index is 688. The number of nitrogens with two attached hydrogens (primary N) is 2. The summed E-state index contributed by atoms with van der Waals surface area (Å²) < 4.78 is 7.47. The molecule has 0 aromatic carbocycles. The molecule has 3 rings (SSSR count). The van der Waals surface area contributed by atoms with Crippen molar-refractivity contribution < 1.29 is 14.6 Å². The SMILES string of the molecule is NCC(=O)NC[C@H]1O[C@@H](n2cnc3c(N)ncnc32)C[C@@H]1O. The van der Waals surface area contributed by atoms with Gasteiger partial charge in [0.25, 0.3) is 0 Å². The van der Waals surface area contributed by atoms with Crippen molar-refractivity contribution in [2.45, 2.75) is 24.9 Å². The lowest BCUT2D eigenvalue weighted by Crippen LogP contribution is -2.39. The fourth-order valence-corrected chi connectivity index (χ4v) is 2.44. The molecule has 10 heteroatoms. The van der Waals surface area contributed by atoms with E-state index in [0.717, 1.165) is 0 Å². The first-order valence-corrected chi connectivity index (χ1v) is 6.83. The van der Waals surface area contributed by atoms with Crippen LogP contribution in [0.2, 0.25) is 0 Å². The maximum absolute atomic E-state index is 11.2. The number of hydrogen-bond donors (Lipinski definition) is 4. The summed E-state index contributed by atoms with van der Waals surface area (Å²) in [5.74, 6) is -0.0121. The van der Waals surface area contributed by atoms with Crippen LogP contribution in [0.4, 0.5) is 5.82 Å². The van der Waals surface area contributed by atoms with Gasteiger partial charge in [0.05, 0.1) is 19.0 Å². The summed E-state index contributed by atoms with van der Waals surface area (Å²) in [6, 6.07) is 0. The quantitative estimate of drug-likeness (QED) is 0.512. The predicted molar refractivity (Wildman–Crippen MR) is 76.3 cm³/mol. The van der Waals surface area contributed by atoms with E-state index in [-0.39, 0.29) is 24.8 Å². The predicted octanol–water partition coefficient (Wildman–Crippen LogP) is -1.87. The smallest absolute Gasteiger partial charge is 0.233 e. The third-order valence-electron chi connectivity index (χ3n) is 3.59. The number of fused-ring (bicyclic) bond motifs is 1. The number of carbonyl (C=O) groups excluding carboxylic acids is 1. The van der Waals surface area contributed by atoms with Gasteiger partial charge in [-0.05, 0) is 0 Å². The van der Waals surface area contributed by atoms with Gasteiger partial charge >= 0.3 is 0 Å². The zero-order chi connectivity index (χ0) is 15.7. The normalized spacial score (nSPS) is 24.7. The molecule has 3 heterocycles. The highest BCUT2D eigenvalue weighted by atomic mass is 16.5. The van der Waals surface area contributed by atoms with Crippen molar-refractivity contribution in [1.82, 2.24) is 24.8 Å². The van der Waals surface area contributed by atoms with Crippen LogP contribution in [-0.2, 0) is 9.53 Å². The molecule has 0 aliphatic carbocycles. The van der Waals surface area contributed by atoms with E-state index < -0.39 is 18.4 Å². The van der Waals surface area contributed by atoms with E-state index in [0.29, 0.717) is 17.6 Å². The van der Waals surface area contributed by atoms with Crippen LogP contribution in [0.15, 0.2) is 12.7 Å². The van der Waals surface area contributed by atoms with Crippen LogP contribution in [0.3, 0.4) is 0 Å². The van der Waals surface area contributed by atoms with Crippen molar-refractivity contribution >= 4 is 22.9 Å². The molecule has 0 unspecified atom stereocenters. The van der Waals surface area contributed by atoms with E-state index >= 15 is 0 Å². The van der Waals surface area contributed by atoms with Crippen molar-refractivity contribution in [3.8, 4) is 0 Å². The molecule has 6 N–H and O–H groups in total. The van der Waals surface area contributed by atoms with Gasteiger partial charge in [0.2, 0.25) is 5.91 Å². The number of nitrogens with zero attached hydrogens (tertiary/aromatic N) is 4. The van der Waals surface area contributed by atoms with Gasteiger partial charge in [-0.15, -0.1) is 0 Å². The number of nitrogens with one attached hydrogen (secondary N) is 1. The first kappa shape index (κ1) is 14.6. The van der Waals surface area contributed by atoms with Gasteiger partial charge in [-0.25, -0.2) is 15.0 Å². The van der Waals surface area contributed by atoms with Gasteiger partial charge in [0.1, 0.15) is 24.2 Å². The van der Waals surface area contributed by atoms with Gasteiger partial charge in [0, 0.05) is 13.0 Å². The number of anilines is 1. The summed E-state index contributed by atoms with van der Waals surface area (Å²) in [6.07, 6.45) is 1.60. The zero-order valence-electron chi connectivity index (χ0n) is 11.7. The molecule has 3 atom stereocenters. The lowest BCUT2D eigenvalue weighted by atomic mass is 10.2. The third-order valence-corrected chi connectivity index (χ3v) is 3.59. The van der Waals surface area contributed by atoms with E-state index in [1.807, 2.05) is 0 Å². The van der Waals surface area contributed by atoms with Crippen LogP contribution in [-0.4, -0.2) is 55.8 Å². The molecule has 1 aliphatic heterocycles. The average molecular weight is 307 g/mol. The summed E-state index contributed by atoms with van der Waals surface area (Å²) in [6.45, 7) is 0.0893. The molecule has 22 heavy (non-hydrogen) atoms. The summed E-state index contributed by atoms with van der Waals surface area (Å²) in [5.41, 5.74) is 12.0. The second kappa shape index (κ2) is 5.83. The molecule has 0 spiro atoms. The second-order valence-corrected chi connectivity index (χ2v) is 5.02. The molecule has 2 aromatic heterocycles. The molecule has 0 bridgehead atoms. The van der Waals surface area contributed by atoms with E-state index in [1.54, 1.807) is 10.9 Å². The lowest BCUT2D eigenvalue weighted by molar-refractivity contribution is -0.120. The Hall–Kier alpha value is -2.30. The molecule has 1 fully saturated rings. The summed E-state index contributed by atoms with van der Waals surface area (Å²) >= 11 is 0. The number of aromatic nitrogens is 4. The average Bonchev–Trinajstić information content (AvgIpc) is 3.09. The third kappa shape index (κ3) is 2.58. The zero-order valence-corrected chi connectivity index (χ0v) is 11.7. The van der Waals surface area contributed by atoms with Crippen LogP contribution < -0.4 is 16.8 Å². The maximum Gasteiger partial charge on any atom is 0.233 e. The van der Waals surface area contributed by atoms with Gasteiger partial charge in [-0.1, -0.05) is 0 Å². The Morgan fingerprint density at radius 1 is 1.50 bits per heavy atom. The maximum atomic E-state index is 11.2. The van der Waals surface area contributed by atoms with Crippen molar-refractivity contribution in [3.05, 3.63) is 12.7 Å².